The summed E-state index contributed by atoms with van der Waals surface area (Å²) in [6.45, 7) is 4.20. The van der Waals surface area contributed by atoms with Crippen LogP contribution in [0.3, 0.4) is 0 Å². The predicted molar refractivity (Wildman–Crippen MR) is 284 cm³/mol. The van der Waals surface area contributed by atoms with E-state index in [4.69, 9.17) is 9.97 Å². The van der Waals surface area contributed by atoms with Crippen molar-refractivity contribution < 1.29 is 0 Å². The maximum absolute atomic E-state index is 5.54. The van der Waals surface area contributed by atoms with Crippen LogP contribution in [-0.4, -0.2) is 9.97 Å². The first-order chi connectivity index (χ1) is 32.7. The lowest BCUT2D eigenvalue weighted by Gasteiger charge is -2.22. The molecule has 2 heterocycles. The number of allylic oxidation sites excluding steroid dienone is 4. The van der Waals surface area contributed by atoms with Crippen LogP contribution < -0.4 is 0 Å². The van der Waals surface area contributed by atoms with Crippen LogP contribution in [0.4, 0.5) is 0 Å². The number of fused-ring (bicyclic) bond motifs is 13. The van der Waals surface area contributed by atoms with Crippen molar-refractivity contribution >= 4 is 103 Å². The Balaban J connectivity index is 1.19. The van der Waals surface area contributed by atoms with E-state index in [0.717, 1.165) is 55.1 Å². The van der Waals surface area contributed by atoms with Gasteiger partial charge in [-0.05, 0) is 126 Å². The Bertz CT molecular complexity index is 4180. The molecule has 0 spiro atoms. The van der Waals surface area contributed by atoms with E-state index in [0.29, 0.717) is 0 Å². The Labute approximate surface area is 382 Å². The molecule has 13 aromatic rings. The molecular weight excluding hydrogens is 797 g/mol. The SMILES string of the molecule is C/C=C\C(=C/C)c1nc2cc3ccccc3cc2c2c1cc(-c1c3ccccc3c(-c3cc4c(-c5ccccc5)nc5ccccc5c4c4ccccc34)c3ccccc13)c1ccccc12. The molecule has 13 rings (SSSR count). The summed E-state index contributed by atoms with van der Waals surface area (Å²) < 4.78 is 0. The maximum Gasteiger partial charge on any atom is 0.0788 e. The second kappa shape index (κ2) is 15.1. The first-order valence-corrected chi connectivity index (χ1v) is 22.9. The molecule has 0 N–H and O–H groups in total. The number of rotatable bonds is 5. The standard InChI is InChI=1S/C64H42N2/c1-3-20-39(4-2)63-56-38-53(44-26-11-13-28-46(44)62(56)54-35-41-23-8-9-24-42(41)36-58(54)66-63)60-49-31-16-14-29-47(49)59(48-30-15-17-32-50(48)60)52-37-55-61(45-27-12-10-25-43(45)52)51-33-18-19-34-57(51)65-64(55)40-21-6-5-7-22-40/h3-38H,1-2H3/b20-3-,39-4+. The van der Waals surface area contributed by atoms with Gasteiger partial charge in [-0.3, -0.25) is 0 Å². The molecule has 11 aromatic carbocycles. The Kier molecular flexibility index (Phi) is 8.69. The summed E-state index contributed by atoms with van der Waals surface area (Å²) in [4.78, 5) is 10.9. The number of benzene rings is 11. The van der Waals surface area contributed by atoms with E-state index in [1.165, 1.54) is 86.9 Å². The molecule has 0 bridgehead atoms. The van der Waals surface area contributed by atoms with Gasteiger partial charge in [-0.15, -0.1) is 0 Å². The van der Waals surface area contributed by atoms with E-state index in [1.807, 2.05) is 0 Å². The fraction of sp³-hybridized carbons (Fsp3) is 0.0312. The second-order valence-corrected chi connectivity index (χ2v) is 17.4. The number of aromatic nitrogens is 2. The number of pyridine rings is 2. The topological polar surface area (TPSA) is 25.8 Å². The lowest BCUT2D eigenvalue weighted by Crippen LogP contribution is -1.97. The first-order valence-electron chi connectivity index (χ1n) is 22.9. The van der Waals surface area contributed by atoms with Crippen LogP contribution in [0.2, 0.25) is 0 Å². The Hall–Kier alpha value is -8.46. The predicted octanol–water partition coefficient (Wildman–Crippen LogP) is 17.8. The molecule has 0 amide bonds. The molecule has 0 radical (unpaired) electrons. The van der Waals surface area contributed by atoms with Gasteiger partial charge in [0.1, 0.15) is 0 Å². The van der Waals surface area contributed by atoms with Crippen LogP contribution in [0.15, 0.2) is 218 Å². The van der Waals surface area contributed by atoms with E-state index in [2.05, 4.69) is 232 Å². The summed E-state index contributed by atoms with van der Waals surface area (Å²) in [5.74, 6) is 0. The van der Waals surface area contributed by atoms with Crippen LogP contribution in [0.25, 0.3) is 136 Å². The molecule has 2 nitrogen and oxygen atoms in total. The van der Waals surface area contributed by atoms with Gasteiger partial charge < -0.3 is 0 Å². The highest BCUT2D eigenvalue weighted by atomic mass is 14.7. The number of nitrogens with zero attached hydrogens (tertiary/aromatic N) is 2. The highest BCUT2D eigenvalue weighted by Gasteiger charge is 2.24. The van der Waals surface area contributed by atoms with Crippen LogP contribution in [0.1, 0.15) is 19.5 Å². The smallest absolute Gasteiger partial charge is 0.0788 e. The Morgan fingerprint density at radius 3 is 1.41 bits per heavy atom. The van der Waals surface area contributed by atoms with Gasteiger partial charge in [0.05, 0.1) is 22.4 Å². The molecule has 0 unspecified atom stereocenters. The molecule has 2 heteroatoms. The Morgan fingerprint density at radius 1 is 0.364 bits per heavy atom. The van der Waals surface area contributed by atoms with E-state index < -0.39 is 0 Å². The van der Waals surface area contributed by atoms with Gasteiger partial charge in [0.2, 0.25) is 0 Å². The first kappa shape index (κ1) is 38.0. The van der Waals surface area contributed by atoms with Crippen LogP contribution in [-0.2, 0) is 0 Å². The minimum atomic E-state index is 0.989. The molecule has 0 saturated heterocycles. The number of hydrogen-bond donors (Lipinski definition) is 0. The van der Waals surface area contributed by atoms with Crippen molar-refractivity contribution in [3.63, 3.8) is 0 Å². The molecule has 0 aliphatic heterocycles. The number of hydrogen-bond acceptors (Lipinski definition) is 2. The third-order valence-electron chi connectivity index (χ3n) is 13.8. The molecule has 0 saturated carbocycles. The van der Waals surface area contributed by atoms with Crippen molar-refractivity contribution in [2.24, 2.45) is 0 Å². The summed E-state index contributed by atoms with van der Waals surface area (Å²) >= 11 is 0. The van der Waals surface area contributed by atoms with Crippen LogP contribution in [0, 0.1) is 0 Å². The van der Waals surface area contributed by atoms with Gasteiger partial charge in [0.15, 0.2) is 0 Å². The number of para-hydroxylation sites is 1. The van der Waals surface area contributed by atoms with E-state index in [9.17, 15) is 0 Å². The molecule has 0 aliphatic rings. The zero-order chi connectivity index (χ0) is 43.9. The van der Waals surface area contributed by atoms with Gasteiger partial charge >= 0.3 is 0 Å². The molecule has 0 aliphatic carbocycles. The van der Waals surface area contributed by atoms with Crippen molar-refractivity contribution in [3.05, 3.63) is 224 Å². The zero-order valence-electron chi connectivity index (χ0n) is 36.7. The minimum absolute atomic E-state index is 0.989. The third-order valence-corrected chi connectivity index (χ3v) is 13.8. The minimum Gasteiger partial charge on any atom is -0.247 e. The summed E-state index contributed by atoms with van der Waals surface area (Å²) in [6, 6.07) is 73.5. The zero-order valence-corrected chi connectivity index (χ0v) is 36.7. The lowest BCUT2D eigenvalue weighted by atomic mass is 9.81. The highest BCUT2D eigenvalue weighted by Crippen LogP contribution is 2.50. The van der Waals surface area contributed by atoms with Crippen LogP contribution in [0.5, 0.6) is 0 Å². The van der Waals surface area contributed by atoms with Crippen molar-refractivity contribution in [1.29, 1.82) is 0 Å². The van der Waals surface area contributed by atoms with Crippen molar-refractivity contribution in [3.8, 4) is 33.5 Å². The Morgan fingerprint density at radius 2 is 0.833 bits per heavy atom. The van der Waals surface area contributed by atoms with Gasteiger partial charge in [0.25, 0.3) is 0 Å². The normalized spacial score (nSPS) is 12.4. The largest absolute Gasteiger partial charge is 0.247 e. The highest BCUT2D eigenvalue weighted by molar-refractivity contribution is 6.32. The van der Waals surface area contributed by atoms with E-state index in [1.54, 1.807) is 0 Å². The van der Waals surface area contributed by atoms with E-state index >= 15 is 0 Å². The lowest BCUT2D eigenvalue weighted by molar-refractivity contribution is 1.38. The molecule has 0 atom stereocenters. The van der Waals surface area contributed by atoms with Gasteiger partial charge in [-0.2, -0.15) is 0 Å². The fourth-order valence-corrected chi connectivity index (χ4v) is 11.0. The van der Waals surface area contributed by atoms with Gasteiger partial charge in [-0.25, -0.2) is 9.97 Å². The maximum atomic E-state index is 5.54. The van der Waals surface area contributed by atoms with Crippen LogP contribution >= 0.6 is 0 Å². The van der Waals surface area contributed by atoms with Gasteiger partial charge in [-0.1, -0.05) is 188 Å². The summed E-state index contributed by atoms with van der Waals surface area (Å²) in [5, 5.41) is 19.2. The van der Waals surface area contributed by atoms with Crippen molar-refractivity contribution in [1.82, 2.24) is 9.97 Å². The molecule has 0 fully saturated rings. The molecule has 2 aromatic heterocycles. The average molecular weight is 839 g/mol. The average Bonchev–Trinajstić information content (AvgIpc) is 3.38. The monoisotopic (exact) mass is 838 g/mol. The van der Waals surface area contributed by atoms with Crippen molar-refractivity contribution in [2.75, 3.05) is 0 Å². The molecular formula is C64H42N2. The van der Waals surface area contributed by atoms with E-state index in [-0.39, 0.29) is 0 Å². The fourth-order valence-electron chi connectivity index (χ4n) is 11.0. The van der Waals surface area contributed by atoms with Crippen molar-refractivity contribution in [2.45, 2.75) is 13.8 Å². The molecule has 308 valence electrons. The summed E-state index contributed by atoms with van der Waals surface area (Å²) in [6.07, 6.45) is 6.50. The second-order valence-electron chi connectivity index (χ2n) is 17.4. The third kappa shape index (κ3) is 5.68. The molecule has 66 heavy (non-hydrogen) atoms. The summed E-state index contributed by atoms with van der Waals surface area (Å²) in [7, 11) is 0. The quantitative estimate of drug-likeness (QED) is 0.0980. The van der Waals surface area contributed by atoms with Gasteiger partial charge in [0, 0.05) is 37.9 Å². The summed E-state index contributed by atoms with van der Waals surface area (Å²) in [5.41, 5.74) is 11.0.